The van der Waals surface area contributed by atoms with E-state index in [1.807, 2.05) is 25.2 Å². The molecule has 5 heteroatoms. The molecule has 3 rings (SSSR count). The van der Waals surface area contributed by atoms with Gasteiger partial charge in [0, 0.05) is 31.9 Å². The Balaban J connectivity index is 1.83. The molecule has 0 spiro atoms. The summed E-state index contributed by atoms with van der Waals surface area (Å²) in [5.74, 6) is -0.0702. The number of hydrogen-bond donors (Lipinski definition) is 2. The van der Waals surface area contributed by atoms with E-state index >= 15 is 0 Å². The van der Waals surface area contributed by atoms with Gasteiger partial charge in [0.15, 0.2) is 0 Å². The molecule has 5 nitrogen and oxygen atoms in total. The number of hydrogen-bond acceptors (Lipinski definition) is 4. The fourth-order valence-electron chi connectivity index (χ4n) is 3.51. The van der Waals surface area contributed by atoms with Gasteiger partial charge < -0.3 is 20.6 Å². The smallest absolute Gasteiger partial charge is 0.248 e. The van der Waals surface area contributed by atoms with Gasteiger partial charge in [0.1, 0.15) is 6.04 Å². The van der Waals surface area contributed by atoms with Gasteiger partial charge in [0.25, 0.3) is 0 Å². The number of likely N-dealkylation sites (N-methyl/N-ethyl adjacent to an activating group) is 2. The van der Waals surface area contributed by atoms with Crippen molar-refractivity contribution in [2.75, 3.05) is 30.4 Å². The van der Waals surface area contributed by atoms with E-state index in [1.54, 1.807) is 11.9 Å². The highest BCUT2D eigenvalue weighted by molar-refractivity contribution is 6.04. The average Bonchev–Trinajstić information content (AvgIpc) is 2.98. The van der Waals surface area contributed by atoms with Crippen LogP contribution in [0.2, 0.25) is 0 Å². The third kappa shape index (κ3) is 2.40. The van der Waals surface area contributed by atoms with E-state index in [9.17, 15) is 9.90 Å². The van der Waals surface area contributed by atoms with Crippen LogP contribution < -0.4 is 15.5 Å². The maximum absolute atomic E-state index is 11.9. The Bertz CT molecular complexity index is 567. The molecule has 1 atom stereocenters. The molecule has 1 heterocycles. The van der Waals surface area contributed by atoms with Gasteiger partial charge >= 0.3 is 0 Å². The van der Waals surface area contributed by atoms with Gasteiger partial charge in [-0.15, -0.1) is 0 Å². The molecule has 2 aliphatic rings. The lowest BCUT2D eigenvalue weighted by Crippen LogP contribution is -2.39. The second-order valence-electron chi connectivity index (χ2n) is 6.41. The lowest BCUT2D eigenvalue weighted by molar-refractivity contribution is -0.118. The first-order valence-corrected chi connectivity index (χ1v) is 7.52. The molecule has 1 aromatic carbocycles. The molecule has 114 valence electrons. The Morgan fingerprint density at radius 2 is 2.10 bits per heavy atom. The lowest BCUT2D eigenvalue weighted by Gasteiger charge is -2.30. The fraction of sp³-hybridized carbons (Fsp3) is 0.562. The van der Waals surface area contributed by atoms with Crippen LogP contribution in [0.3, 0.4) is 0 Å². The van der Waals surface area contributed by atoms with E-state index in [4.69, 9.17) is 5.73 Å². The number of aliphatic hydroxyl groups is 1. The quantitative estimate of drug-likeness (QED) is 0.882. The molecule has 21 heavy (non-hydrogen) atoms. The van der Waals surface area contributed by atoms with Crippen molar-refractivity contribution in [3.05, 3.63) is 23.8 Å². The van der Waals surface area contributed by atoms with Gasteiger partial charge in [0.05, 0.1) is 11.3 Å². The second kappa shape index (κ2) is 5.00. The Hall–Kier alpha value is -1.59. The Morgan fingerprint density at radius 1 is 1.43 bits per heavy atom. The van der Waals surface area contributed by atoms with Gasteiger partial charge in [-0.05, 0) is 25.0 Å². The van der Waals surface area contributed by atoms with Crippen molar-refractivity contribution >= 4 is 17.3 Å². The zero-order valence-electron chi connectivity index (χ0n) is 12.7. The van der Waals surface area contributed by atoms with Gasteiger partial charge in [-0.25, -0.2) is 0 Å². The molecule has 1 amide bonds. The van der Waals surface area contributed by atoms with Crippen LogP contribution in [0.1, 0.15) is 37.3 Å². The number of amides is 1. The van der Waals surface area contributed by atoms with Crippen LogP contribution in [0.5, 0.6) is 0 Å². The largest absolute Gasteiger partial charge is 0.388 e. The third-order valence-corrected chi connectivity index (χ3v) is 4.81. The Kier molecular flexibility index (Phi) is 3.42. The normalized spacial score (nSPS) is 23.5. The summed E-state index contributed by atoms with van der Waals surface area (Å²) < 4.78 is 0. The molecule has 1 aliphatic heterocycles. The zero-order chi connectivity index (χ0) is 15.2. The maximum Gasteiger partial charge on any atom is 0.248 e. The molecule has 1 saturated carbocycles. The fourth-order valence-corrected chi connectivity index (χ4v) is 3.51. The van der Waals surface area contributed by atoms with Crippen LogP contribution in [0.15, 0.2) is 18.2 Å². The van der Waals surface area contributed by atoms with Crippen molar-refractivity contribution in [1.82, 2.24) is 0 Å². The third-order valence-electron chi connectivity index (χ3n) is 4.81. The first kappa shape index (κ1) is 14.4. The lowest BCUT2D eigenvalue weighted by atomic mass is 10.0. The Labute approximate surface area is 125 Å². The maximum atomic E-state index is 11.9. The van der Waals surface area contributed by atoms with E-state index in [0.29, 0.717) is 6.54 Å². The number of rotatable bonds is 3. The van der Waals surface area contributed by atoms with Crippen molar-refractivity contribution < 1.29 is 9.90 Å². The van der Waals surface area contributed by atoms with Crippen LogP contribution in [0.25, 0.3) is 0 Å². The summed E-state index contributed by atoms with van der Waals surface area (Å²) in [7, 11) is 3.73. The SMILES string of the molecule is CN(CC1(O)CCCC1)c1ccc2c(c1)N(C)C(=O)C2N. The number of carbonyl (C=O) groups is 1. The van der Waals surface area contributed by atoms with Crippen LogP contribution >= 0.6 is 0 Å². The van der Waals surface area contributed by atoms with E-state index < -0.39 is 11.6 Å². The molecule has 1 fully saturated rings. The molecular weight excluding hydrogens is 266 g/mol. The van der Waals surface area contributed by atoms with Crippen LogP contribution in [-0.4, -0.2) is 37.3 Å². The summed E-state index contributed by atoms with van der Waals surface area (Å²) in [4.78, 5) is 15.6. The number of anilines is 2. The van der Waals surface area contributed by atoms with Crippen LogP contribution in [-0.2, 0) is 4.79 Å². The average molecular weight is 289 g/mol. The summed E-state index contributed by atoms with van der Waals surface area (Å²) in [6.07, 6.45) is 3.93. The molecule has 1 unspecified atom stereocenters. The summed E-state index contributed by atoms with van der Waals surface area (Å²) in [5, 5.41) is 10.5. The van der Waals surface area contributed by atoms with Crippen molar-refractivity contribution in [3.63, 3.8) is 0 Å². The summed E-state index contributed by atoms with van der Waals surface area (Å²) in [6.45, 7) is 0.621. The van der Waals surface area contributed by atoms with E-state index in [1.165, 1.54) is 0 Å². The van der Waals surface area contributed by atoms with E-state index in [0.717, 1.165) is 42.6 Å². The minimum atomic E-state index is -0.577. The molecule has 1 aromatic rings. The van der Waals surface area contributed by atoms with Gasteiger partial charge in [0.2, 0.25) is 5.91 Å². The van der Waals surface area contributed by atoms with Crippen molar-refractivity contribution in [2.45, 2.75) is 37.3 Å². The Morgan fingerprint density at radius 3 is 2.76 bits per heavy atom. The van der Waals surface area contributed by atoms with Gasteiger partial charge in [-0.3, -0.25) is 4.79 Å². The summed E-state index contributed by atoms with van der Waals surface area (Å²) in [6, 6.07) is 5.33. The minimum absolute atomic E-state index is 0.0702. The number of nitrogens with zero attached hydrogens (tertiary/aromatic N) is 2. The van der Waals surface area contributed by atoms with E-state index in [-0.39, 0.29) is 5.91 Å². The standard InChI is InChI=1S/C16H23N3O2/c1-18(10-16(21)7-3-4-8-16)11-5-6-12-13(9-11)19(2)15(20)14(12)17/h5-6,9,14,21H,3-4,7-8,10,17H2,1-2H3. The molecular formula is C16H23N3O2. The summed E-state index contributed by atoms with van der Waals surface area (Å²) in [5.41, 5.74) is 8.08. The van der Waals surface area contributed by atoms with Crippen LogP contribution in [0, 0.1) is 0 Å². The highest BCUT2D eigenvalue weighted by atomic mass is 16.3. The predicted octanol–water partition coefficient (Wildman–Crippen LogP) is 1.40. The van der Waals surface area contributed by atoms with Gasteiger partial charge in [-0.1, -0.05) is 18.9 Å². The molecule has 0 aromatic heterocycles. The highest BCUT2D eigenvalue weighted by Gasteiger charge is 2.34. The minimum Gasteiger partial charge on any atom is -0.388 e. The molecule has 0 bridgehead atoms. The van der Waals surface area contributed by atoms with Crippen molar-refractivity contribution in [1.29, 1.82) is 0 Å². The number of carbonyl (C=O) groups excluding carboxylic acids is 1. The second-order valence-corrected chi connectivity index (χ2v) is 6.41. The first-order chi connectivity index (χ1) is 9.91. The molecule has 0 saturated heterocycles. The monoisotopic (exact) mass is 289 g/mol. The van der Waals surface area contributed by atoms with Crippen molar-refractivity contribution in [2.24, 2.45) is 5.73 Å². The summed E-state index contributed by atoms with van der Waals surface area (Å²) >= 11 is 0. The van der Waals surface area contributed by atoms with E-state index in [2.05, 4.69) is 4.90 Å². The predicted molar refractivity (Wildman–Crippen MR) is 83.5 cm³/mol. The molecule has 1 aliphatic carbocycles. The zero-order valence-corrected chi connectivity index (χ0v) is 12.7. The molecule has 0 radical (unpaired) electrons. The molecule has 3 N–H and O–H groups in total. The van der Waals surface area contributed by atoms with Gasteiger partial charge in [-0.2, -0.15) is 0 Å². The first-order valence-electron chi connectivity index (χ1n) is 7.52. The number of fused-ring (bicyclic) bond motifs is 1. The highest BCUT2D eigenvalue weighted by Crippen LogP contribution is 2.37. The number of nitrogens with two attached hydrogens (primary N) is 1. The van der Waals surface area contributed by atoms with Crippen LogP contribution in [0.4, 0.5) is 11.4 Å². The number of benzene rings is 1. The van der Waals surface area contributed by atoms with Crippen molar-refractivity contribution in [3.8, 4) is 0 Å². The topological polar surface area (TPSA) is 69.8 Å².